The summed E-state index contributed by atoms with van der Waals surface area (Å²) in [6.07, 6.45) is 1.67. The van der Waals surface area contributed by atoms with Crippen molar-refractivity contribution in [2.45, 2.75) is 19.5 Å². The van der Waals surface area contributed by atoms with Gasteiger partial charge in [-0.25, -0.2) is 4.68 Å². The molecule has 1 aromatic heterocycles. The molecule has 0 fully saturated rings. The van der Waals surface area contributed by atoms with Crippen LogP contribution in [-0.4, -0.2) is 39.1 Å². The van der Waals surface area contributed by atoms with E-state index in [1.54, 1.807) is 13.2 Å². The van der Waals surface area contributed by atoms with Crippen molar-refractivity contribution in [3.05, 3.63) is 41.7 Å². The second kappa shape index (κ2) is 7.21. The van der Waals surface area contributed by atoms with Crippen LogP contribution in [0.15, 0.2) is 30.5 Å². The molecule has 0 bridgehead atoms. The van der Waals surface area contributed by atoms with Gasteiger partial charge in [0.2, 0.25) is 5.91 Å². The molecule has 0 aliphatic carbocycles. The van der Waals surface area contributed by atoms with Crippen molar-refractivity contribution >= 4 is 11.9 Å². The summed E-state index contributed by atoms with van der Waals surface area (Å²) in [7, 11) is 1.55. The number of hydrogen-bond acceptors (Lipinski definition) is 5. The summed E-state index contributed by atoms with van der Waals surface area (Å²) in [5.74, 6) is -0.529. The van der Waals surface area contributed by atoms with E-state index in [9.17, 15) is 9.59 Å². The molecular weight excluding hydrogens is 288 g/mol. The molecule has 1 amide bonds. The maximum absolute atomic E-state index is 11.9. The summed E-state index contributed by atoms with van der Waals surface area (Å²) in [4.78, 5) is 22.5. The fourth-order valence-corrected chi connectivity index (χ4v) is 1.91. The van der Waals surface area contributed by atoms with Gasteiger partial charge in [0.05, 0.1) is 26.3 Å². The Bertz CT molecular complexity index is 668. The van der Waals surface area contributed by atoms with Gasteiger partial charge in [-0.1, -0.05) is 23.4 Å². The SMILES string of the molecule is COc1ccccc1CC(=O)NCc1cn(CC(=O)O)nn1. The molecule has 0 saturated carbocycles. The van der Waals surface area contributed by atoms with Gasteiger partial charge in [0, 0.05) is 5.56 Å². The van der Waals surface area contributed by atoms with Crippen LogP contribution in [0.1, 0.15) is 11.3 Å². The molecule has 0 saturated heterocycles. The molecule has 2 aromatic rings. The molecule has 2 rings (SSSR count). The van der Waals surface area contributed by atoms with E-state index in [0.29, 0.717) is 11.4 Å². The Balaban J connectivity index is 1.87. The lowest BCUT2D eigenvalue weighted by Gasteiger charge is -2.08. The number of carbonyl (C=O) groups is 2. The Hall–Kier alpha value is -2.90. The lowest BCUT2D eigenvalue weighted by molar-refractivity contribution is -0.138. The molecule has 8 nitrogen and oxygen atoms in total. The van der Waals surface area contributed by atoms with E-state index < -0.39 is 5.97 Å². The van der Waals surface area contributed by atoms with Crippen LogP contribution in [0.2, 0.25) is 0 Å². The van der Waals surface area contributed by atoms with E-state index in [-0.39, 0.29) is 25.4 Å². The first-order valence-electron chi connectivity index (χ1n) is 6.58. The molecule has 116 valence electrons. The zero-order valence-electron chi connectivity index (χ0n) is 12.0. The van der Waals surface area contributed by atoms with E-state index in [2.05, 4.69) is 15.6 Å². The van der Waals surface area contributed by atoms with Crippen molar-refractivity contribution in [2.24, 2.45) is 0 Å². The first-order chi connectivity index (χ1) is 10.6. The van der Waals surface area contributed by atoms with E-state index in [1.165, 1.54) is 10.9 Å². The van der Waals surface area contributed by atoms with Gasteiger partial charge in [-0.3, -0.25) is 9.59 Å². The summed E-state index contributed by atoms with van der Waals surface area (Å²) >= 11 is 0. The molecule has 1 heterocycles. The second-order valence-corrected chi connectivity index (χ2v) is 4.57. The van der Waals surface area contributed by atoms with Crippen molar-refractivity contribution in [2.75, 3.05) is 7.11 Å². The molecule has 2 N–H and O–H groups in total. The molecule has 8 heteroatoms. The Morgan fingerprint density at radius 3 is 2.86 bits per heavy atom. The highest BCUT2D eigenvalue weighted by molar-refractivity contribution is 5.79. The van der Waals surface area contributed by atoms with E-state index in [1.807, 2.05) is 18.2 Å². The minimum atomic E-state index is -1.00. The number of rotatable bonds is 7. The highest BCUT2D eigenvalue weighted by atomic mass is 16.5. The highest BCUT2D eigenvalue weighted by Gasteiger charge is 2.09. The summed E-state index contributed by atoms with van der Waals surface area (Å²) in [5, 5.41) is 18.8. The van der Waals surface area contributed by atoms with Crippen molar-refractivity contribution in [3.8, 4) is 5.75 Å². The van der Waals surface area contributed by atoms with Gasteiger partial charge in [0.25, 0.3) is 0 Å². The Morgan fingerprint density at radius 1 is 1.36 bits per heavy atom. The van der Waals surface area contributed by atoms with Crippen LogP contribution in [0, 0.1) is 0 Å². The number of carbonyl (C=O) groups excluding carboxylic acids is 1. The number of amides is 1. The third kappa shape index (κ3) is 4.30. The van der Waals surface area contributed by atoms with Gasteiger partial charge in [-0.15, -0.1) is 5.10 Å². The van der Waals surface area contributed by atoms with Gasteiger partial charge >= 0.3 is 5.97 Å². The summed E-state index contributed by atoms with van der Waals surface area (Å²) in [5.41, 5.74) is 1.28. The Morgan fingerprint density at radius 2 is 2.14 bits per heavy atom. The number of aliphatic carboxylic acids is 1. The summed E-state index contributed by atoms with van der Waals surface area (Å²) < 4.78 is 6.39. The quantitative estimate of drug-likeness (QED) is 0.758. The van der Waals surface area contributed by atoms with E-state index >= 15 is 0 Å². The second-order valence-electron chi connectivity index (χ2n) is 4.57. The van der Waals surface area contributed by atoms with Crippen molar-refractivity contribution in [1.29, 1.82) is 0 Å². The van der Waals surface area contributed by atoms with Crippen LogP contribution in [0.3, 0.4) is 0 Å². The topological polar surface area (TPSA) is 106 Å². The predicted octanol–water partition coefficient (Wildman–Crippen LogP) is 0.230. The highest BCUT2D eigenvalue weighted by Crippen LogP contribution is 2.17. The summed E-state index contributed by atoms with van der Waals surface area (Å²) in [6.45, 7) is -0.0736. The van der Waals surface area contributed by atoms with Crippen LogP contribution in [0.5, 0.6) is 5.75 Å². The van der Waals surface area contributed by atoms with Crippen molar-refractivity contribution in [1.82, 2.24) is 20.3 Å². The van der Waals surface area contributed by atoms with Gasteiger partial charge < -0.3 is 15.2 Å². The minimum absolute atomic E-state index is 0.183. The van der Waals surface area contributed by atoms with Gasteiger partial charge in [-0.2, -0.15) is 0 Å². The normalized spacial score (nSPS) is 10.2. The van der Waals surface area contributed by atoms with Crippen LogP contribution in [0.25, 0.3) is 0 Å². The molecule has 0 radical (unpaired) electrons. The third-order valence-electron chi connectivity index (χ3n) is 2.89. The van der Waals surface area contributed by atoms with Crippen molar-refractivity contribution in [3.63, 3.8) is 0 Å². The maximum atomic E-state index is 11.9. The number of para-hydroxylation sites is 1. The molecule has 0 unspecified atom stereocenters. The van der Waals surface area contributed by atoms with Gasteiger partial charge in [0.1, 0.15) is 18.0 Å². The number of benzene rings is 1. The Kier molecular flexibility index (Phi) is 5.07. The number of nitrogens with zero attached hydrogens (tertiary/aromatic N) is 3. The molecule has 0 atom stereocenters. The number of carboxylic acid groups (broad SMARTS) is 1. The predicted molar refractivity (Wildman–Crippen MR) is 76.2 cm³/mol. The zero-order valence-corrected chi connectivity index (χ0v) is 12.0. The standard InChI is InChI=1S/C14H16N4O4/c1-22-12-5-3-2-4-10(12)6-13(19)15-7-11-8-18(17-16-11)9-14(20)21/h2-5,8H,6-7,9H2,1H3,(H,15,19)(H,20,21). The average Bonchev–Trinajstić information content (AvgIpc) is 2.92. The Labute approximate surface area is 126 Å². The van der Waals surface area contributed by atoms with Crippen LogP contribution in [0.4, 0.5) is 0 Å². The number of hydrogen-bond donors (Lipinski definition) is 2. The number of methoxy groups -OCH3 is 1. The van der Waals surface area contributed by atoms with E-state index in [4.69, 9.17) is 9.84 Å². The van der Waals surface area contributed by atoms with Gasteiger partial charge in [0.15, 0.2) is 0 Å². The molecule has 1 aromatic carbocycles. The first-order valence-corrected chi connectivity index (χ1v) is 6.58. The monoisotopic (exact) mass is 304 g/mol. The largest absolute Gasteiger partial charge is 0.496 e. The third-order valence-corrected chi connectivity index (χ3v) is 2.89. The van der Waals surface area contributed by atoms with Crippen LogP contribution >= 0.6 is 0 Å². The van der Waals surface area contributed by atoms with E-state index in [0.717, 1.165) is 5.56 Å². The smallest absolute Gasteiger partial charge is 0.325 e. The lowest BCUT2D eigenvalue weighted by atomic mass is 10.1. The lowest BCUT2D eigenvalue weighted by Crippen LogP contribution is -2.24. The van der Waals surface area contributed by atoms with Crippen LogP contribution in [-0.2, 0) is 29.1 Å². The number of carboxylic acids is 1. The molecule has 0 aliphatic heterocycles. The first kappa shape index (κ1) is 15.5. The fraction of sp³-hybridized carbons (Fsp3) is 0.286. The molecule has 22 heavy (non-hydrogen) atoms. The number of ether oxygens (including phenoxy) is 1. The zero-order chi connectivity index (χ0) is 15.9. The molecule has 0 spiro atoms. The molecular formula is C14H16N4O4. The minimum Gasteiger partial charge on any atom is -0.496 e. The fourth-order valence-electron chi connectivity index (χ4n) is 1.91. The summed E-state index contributed by atoms with van der Waals surface area (Å²) in [6, 6.07) is 7.28. The average molecular weight is 304 g/mol. The van der Waals surface area contributed by atoms with Crippen molar-refractivity contribution < 1.29 is 19.4 Å². The molecule has 0 aliphatic rings. The number of nitrogens with one attached hydrogen (secondary N) is 1. The van der Waals surface area contributed by atoms with Gasteiger partial charge in [-0.05, 0) is 6.07 Å². The maximum Gasteiger partial charge on any atom is 0.325 e. The number of aromatic nitrogens is 3. The van der Waals surface area contributed by atoms with Crippen LogP contribution < -0.4 is 10.1 Å².